The Morgan fingerprint density at radius 1 is 1.44 bits per heavy atom. The summed E-state index contributed by atoms with van der Waals surface area (Å²) >= 11 is 0. The second kappa shape index (κ2) is 7.39. The van der Waals surface area contributed by atoms with Gasteiger partial charge in [-0.1, -0.05) is 0 Å². The summed E-state index contributed by atoms with van der Waals surface area (Å²) < 4.78 is 32.6. The van der Waals surface area contributed by atoms with Gasteiger partial charge in [0.2, 0.25) is 0 Å². The lowest BCUT2D eigenvalue weighted by molar-refractivity contribution is 0.171. The van der Waals surface area contributed by atoms with E-state index in [4.69, 9.17) is 4.74 Å². The molecular formula is C18H23F2N3O2. The Morgan fingerprint density at radius 2 is 2.24 bits per heavy atom. The van der Waals surface area contributed by atoms with E-state index < -0.39 is 11.6 Å². The molecule has 0 saturated carbocycles. The highest BCUT2D eigenvalue weighted by Crippen LogP contribution is 2.25. The molecule has 1 aromatic carbocycles. The fraction of sp³-hybridized carbons (Fsp3) is 0.500. The van der Waals surface area contributed by atoms with Crippen LogP contribution in [0.5, 0.6) is 0 Å². The molecule has 2 amide bonds. The summed E-state index contributed by atoms with van der Waals surface area (Å²) in [6, 6.07) is 2.04. The van der Waals surface area contributed by atoms with Gasteiger partial charge in [0.1, 0.15) is 11.6 Å². The highest BCUT2D eigenvalue weighted by molar-refractivity contribution is 5.85. The van der Waals surface area contributed by atoms with Crippen molar-refractivity contribution in [1.82, 2.24) is 15.2 Å². The first-order chi connectivity index (χ1) is 12.0. The van der Waals surface area contributed by atoms with Crippen molar-refractivity contribution in [3.63, 3.8) is 0 Å². The number of H-pyrrole nitrogens is 1. The number of aromatic nitrogens is 1. The molecule has 0 unspecified atom stereocenters. The van der Waals surface area contributed by atoms with E-state index in [-0.39, 0.29) is 6.03 Å². The van der Waals surface area contributed by atoms with E-state index in [9.17, 15) is 13.6 Å². The average Bonchev–Trinajstić information content (AvgIpc) is 3.16. The van der Waals surface area contributed by atoms with E-state index in [0.29, 0.717) is 42.9 Å². The standard InChI is InChI=1S/C18H23F2N3O2/c1-11-14(15-7-13(19)8-16(20)17(15)22-11)3-5-21-18(24)23(2)9-12-4-6-25-10-12/h7-8,12,22H,3-6,9-10H2,1-2H3,(H,21,24)/t12-/m1/s1. The number of halogens is 2. The van der Waals surface area contributed by atoms with Crippen LogP contribution in [0.15, 0.2) is 12.1 Å². The zero-order valence-corrected chi connectivity index (χ0v) is 14.5. The van der Waals surface area contributed by atoms with Crippen LogP contribution in [-0.4, -0.2) is 49.3 Å². The number of aryl methyl sites for hydroxylation is 1. The minimum Gasteiger partial charge on any atom is -0.381 e. The Balaban J connectivity index is 1.59. The smallest absolute Gasteiger partial charge is 0.317 e. The molecule has 5 nitrogen and oxygen atoms in total. The molecule has 0 radical (unpaired) electrons. The topological polar surface area (TPSA) is 57.4 Å². The Hall–Kier alpha value is -2.15. The number of rotatable bonds is 5. The Bertz CT molecular complexity index is 769. The van der Waals surface area contributed by atoms with Gasteiger partial charge in [-0.25, -0.2) is 13.6 Å². The number of carbonyl (C=O) groups excluding carboxylic acids is 1. The Kier molecular flexibility index (Phi) is 5.22. The van der Waals surface area contributed by atoms with Gasteiger partial charge in [-0.05, 0) is 31.4 Å². The SMILES string of the molecule is Cc1[nH]c2c(F)cc(F)cc2c1CCNC(=O)N(C)C[C@H]1CCOC1. The molecule has 2 aromatic rings. The van der Waals surface area contributed by atoms with Gasteiger partial charge in [-0.2, -0.15) is 0 Å². The van der Waals surface area contributed by atoms with E-state index >= 15 is 0 Å². The van der Waals surface area contributed by atoms with Crippen molar-refractivity contribution in [3.05, 3.63) is 35.0 Å². The van der Waals surface area contributed by atoms with Crippen LogP contribution in [0, 0.1) is 24.5 Å². The molecule has 136 valence electrons. The molecule has 7 heteroatoms. The predicted molar refractivity (Wildman–Crippen MR) is 91.6 cm³/mol. The van der Waals surface area contributed by atoms with Gasteiger partial charge in [-0.3, -0.25) is 0 Å². The van der Waals surface area contributed by atoms with Gasteiger partial charge >= 0.3 is 6.03 Å². The minimum absolute atomic E-state index is 0.151. The molecule has 2 N–H and O–H groups in total. The molecule has 1 aliphatic heterocycles. The first-order valence-electron chi connectivity index (χ1n) is 8.48. The highest BCUT2D eigenvalue weighted by Gasteiger charge is 2.20. The number of benzene rings is 1. The van der Waals surface area contributed by atoms with Crippen LogP contribution in [0.3, 0.4) is 0 Å². The maximum Gasteiger partial charge on any atom is 0.317 e. The molecule has 0 spiro atoms. The van der Waals surface area contributed by atoms with Crippen LogP contribution in [0.4, 0.5) is 13.6 Å². The lowest BCUT2D eigenvalue weighted by Crippen LogP contribution is -2.40. The molecule has 1 saturated heterocycles. The molecule has 25 heavy (non-hydrogen) atoms. The van der Waals surface area contributed by atoms with Crippen LogP contribution in [0.2, 0.25) is 0 Å². The number of ether oxygens (including phenoxy) is 1. The lowest BCUT2D eigenvalue weighted by atomic mass is 10.1. The maximum atomic E-state index is 13.8. The van der Waals surface area contributed by atoms with Crippen molar-refractivity contribution in [1.29, 1.82) is 0 Å². The molecule has 1 atom stereocenters. The van der Waals surface area contributed by atoms with E-state index in [0.717, 1.165) is 30.4 Å². The summed E-state index contributed by atoms with van der Waals surface area (Å²) in [5, 5.41) is 3.39. The summed E-state index contributed by atoms with van der Waals surface area (Å²) in [4.78, 5) is 16.8. The van der Waals surface area contributed by atoms with Crippen LogP contribution in [0.1, 0.15) is 17.7 Å². The Labute approximate surface area is 145 Å². The molecule has 1 fully saturated rings. The third-order valence-electron chi connectivity index (χ3n) is 4.70. The van der Waals surface area contributed by atoms with Crippen LogP contribution in [-0.2, 0) is 11.2 Å². The van der Waals surface area contributed by atoms with Crippen molar-refractivity contribution < 1.29 is 18.3 Å². The van der Waals surface area contributed by atoms with Gasteiger partial charge in [-0.15, -0.1) is 0 Å². The number of aromatic amines is 1. The summed E-state index contributed by atoms with van der Waals surface area (Å²) in [6.07, 6.45) is 1.48. The number of hydrogen-bond donors (Lipinski definition) is 2. The summed E-state index contributed by atoms with van der Waals surface area (Å²) in [5.41, 5.74) is 1.91. The van der Waals surface area contributed by atoms with Gasteiger partial charge in [0.15, 0.2) is 0 Å². The zero-order chi connectivity index (χ0) is 18.0. The monoisotopic (exact) mass is 351 g/mol. The summed E-state index contributed by atoms with van der Waals surface area (Å²) in [7, 11) is 1.76. The van der Waals surface area contributed by atoms with E-state index in [2.05, 4.69) is 10.3 Å². The van der Waals surface area contributed by atoms with Crippen molar-refractivity contribution in [2.75, 3.05) is 33.4 Å². The zero-order valence-electron chi connectivity index (χ0n) is 14.5. The predicted octanol–water partition coefficient (Wildman–Crippen LogP) is 2.97. The van der Waals surface area contributed by atoms with Gasteiger partial charge in [0.25, 0.3) is 0 Å². The molecule has 3 rings (SSSR count). The second-order valence-corrected chi connectivity index (χ2v) is 6.63. The largest absolute Gasteiger partial charge is 0.381 e. The van der Waals surface area contributed by atoms with Crippen molar-refractivity contribution in [2.45, 2.75) is 19.8 Å². The van der Waals surface area contributed by atoms with Crippen LogP contribution >= 0.6 is 0 Å². The van der Waals surface area contributed by atoms with E-state index in [1.54, 1.807) is 11.9 Å². The molecule has 0 aliphatic carbocycles. The van der Waals surface area contributed by atoms with E-state index in [1.165, 1.54) is 6.07 Å². The van der Waals surface area contributed by atoms with Gasteiger partial charge in [0.05, 0.1) is 12.1 Å². The lowest BCUT2D eigenvalue weighted by Gasteiger charge is -2.20. The summed E-state index contributed by atoms with van der Waals surface area (Å²) in [6.45, 7) is 4.34. The number of fused-ring (bicyclic) bond motifs is 1. The maximum absolute atomic E-state index is 13.8. The van der Waals surface area contributed by atoms with Crippen molar-refractivity contribution >= 4 is 16.9 Å². The second-order valence-electron chi connectivity index (χ2n) is 6.63. The highest BCUT2D eigenvalue weighted by atomic mass is 19.1. The minimum atomic E-state index is -0.605. The van der Waals surface area contributed by atoms with Gasteiger partial charge in [0, 0.05) is 49.8 Å². The third kappa shape index (κ3) is 3.92. The number of nitrogens with zero attached hydrogens (tertiary/aromatic N) is 1. The number of hydrogen-bond acceptors (Lipinski definition) is 2. The van der Waals surface area contributed by atoms with Crippen molar-refractivity contribution in [3.8, 4) is 0 Å². The Morgan fingerprint density at radius 3 is 2.96 bits per heavy atom. The fourth-order valence-corrected chi connectivity index (χ4v) is 3.35. The molecule has 1 aromatic heterocycles. The first kappa shape index (κ1) is 17.7. The van der Waals surface area contributed by atoms with Gasteiger partial charge < -0.3 is 19.9 Å². The average molecular weight is 351 g/mol. The quantitative estimate of drug-likeness (QED) is 0.870. The number of nitrogens with one attached hydrogen (secondary N) is 2. The van der Waals surface area contributed by atoms with Crippen molar-refractivity contribution in [2.24, 2.45) is 5.92 Å². The fourth-order valence-electron chi connectivity index (χ4n) is 3.35. The number of amides is 2. The molecular weight excluding hydrogens is 328 g/mol. The number of carbonyl (C=O) groups is 1. The normalized spacial score (nSPS) is 17.2. The van der Waals surface area contributed by atoms with E-state index in [1.807, 2.05) is 6.92 Å². The first-order valence-corrected chi connectivity index (χ1v) is 8.48. The van der Waals surface area contributed by atoms with Crippen LogP contribution in [0.25, 0.3) is 10.9 Å². The third-order valence-corrected chi connectivity index (χ3v) is 4.70. The number of urea groups is 1. The molecule has 0 bridgehead atoms. The molecule has 2 heterocycles. The summed E-state index contributed by atoms with van der Waals surface area (Å²) in [5.74, 6) is -0.822. The molecule has 1 aliphatic rings. The van der Waals surface area contributed by atoms with Crippen LogP contribution < -0.4 is 5.32 Å².